The number of H-pyrrole nitrogens is 1. The van der Waals surface area contributed by atoms with Gasteiger partial charge < -0.3 is 76.3 Å². The fraction of sp³-hybridized carbons (Fsp3) is 0.510. The maximum absolute atomic E-state index is 15.0. The van der Waals surface area contributed by atoms with Crippen LogP contribution in [0.3, 0.4) is 0 Å². The number of allylic oxidation sites excluding steroid dienone is 3. The lowest BCUT2D eigenvalue weighted by Gasteiger charge is -2.33. The molecule has 0 bridgehead atoms. The van der Waals surface area contributed by atoms with E-state index in [-0.39, 0.29) is 38.3 Å². The first-order valence-electron chi connectivity index (χ1n) is 25.1. The van der Waals surface area contributed by atoms with Crippen molar-refractivity contribution >= 4 is 70.0 Å². The smallest absolute Gasteiger partial charge is 0.246 e. The van der Waals surface area contributed by atoms with Gasteiger partial charge in [0.15, 0.2) is 5.96 Å². The van der Waals surface area contributed by atoms with E-state index >= 15 is 4.79 Å². The average Bonchev–Trinajstić information content (AvgIpc) is 4.22. The highest BCUT2D eigenvalue weighted by atomic mass is 16.2. The van der Waals surface area contributed by atoms with Crippen molar-refractivity contribution < 1.29 is 43.2 Å². The first kappa shape index (κ1) is 57.9. The number of rotatable bonds is 28. The summed E-state index contributed by atoms with van der Waals surface area (Å²) in [4.78, 5) is 131. The third-order valence-corrected chi connectivity index (χ3v) is 13.7. The molecule has 1 aromatic heterocycles. The number of guanidine groups is 1. The largest absolute Gasteiger partial charge is 0.370 e. The number of fused-ring (bicyclic) bond motifs is 1. The molecule has 1 aliphatic carbocycles. The monoisotopic (exact) mass is 1040 g/mol. The third kappa shape index (κ3) is 15.8. The molecule has 75 heavy (non-hydrogen) atoms. The van der Waals surface area contributed by atoms with E-state index in [1.807, 2.05) is 48.7 Å². The summed E-state index contributed by atoms with van der Waals surface area (Å²) in [5, 5.41) is 15.5. The van der Waals surface area contributed by atoms with Gasteiger partial charge in [-0.3, -0.25) is 53.2 Å². The number of aromatic amines is 1. The Labute approximate surface area is 434 Å². The molecule has 1 aromatic carbocycles. The number of para-hydroxylation sites is 1. The minimum absolute atomic E-state index is 0.0218. The predicted octanol–water partition coefficient (Wildman–Crippen LogP) is -2.93. The number of nitrogens with two attached hydrogens (primary N) is 6. The highest BCUT2D eigenvalue weighted by molar-refractivity contribution is 6.00. The van der Waals surface area contributed by atoms with Crippen molar-refractivity contribution in [3.63, 3.8) is 0 Å². The van der Waals surface area contributed by atoms with Crippen LogP contribution in [0.5, 0.6) is 0 Å². The van der Waals surface area contributed by atoms with Gasteiger partial charge in [-0.05, 0) is 55.2 Å². The number of hydrazine groups is 2. The molecule has 5 rings (SSSR count). The Balaban J connectivity index is 1.37. The Morgan fingerprint density at radius 2 is 1.41 bits per heavy atom. The van der Waals surface area contributed by atoms with Crippen molar-refractivity contribution in [2.45, 2.75) is 128 Å². The molecule has 1 fully saturated rings. The second-order valence-corrected chi connectivity index (χ2v) is 19.2. The molecule has 2 aliphatic heterocycles. The summed E-state index contributed by atoms with van der Waals surface area (Å²) in [7, 11) is 0. The lowest BCUT2D eigenvalue weighted by atomic mass is 9.96. The number of nitrogens with one attached hydrogen (secondary N) is 8. The molecular weight excluding hydrogens is 971 g/mol. The molecule has 0 spiro atoms. The van der Waals surface area contributed by atoms with Crippen molar-refractivity contribution in [3.8, 4) is 0 Å². The number of carbonyl (C=O) groups excluding carboxylic acids is 9. The molecule has 0 radical (unpaired) electrons. The Morgan fingerprint density at radius 3 is 2.03 bits per heavy atom. The highest BCUT2D eigenvalue weighted by Crippen LogP contribution is 2.32. The number of hydrogen-bond donors (Lipinski definition) is 14. The van der Waals surface area contributed by atoms with E-state index in [2.05, 4.69) is 47.5 Å². The number of amides is 9. The van der Waals surface area contributed by atoms with Gasteiger partial charge in [-0.1, -0.05) is 70.9 Å². The van der Waals surface area contributed by atoms with Crippen LogP contribution < -0.4 is 71.9 Å². The van der Waals surface area contributed by atoms with E-state index in [9.17, 15) is 38.4 Å². The zero-order chi connectivity index (χ0) is 55.1. The molecule has 9 amide bonds. The molecular formula is C49H73N17O9. The third-order valence-electron chi connectivity index (χ3n) is 13.7. The second-order valence-electron chi connectivity index (χ2n) is 19.2. The topological polar surface area (TPSA) is 429 Å². The van der Waals surface area contributed by atoms with Crippen LogP contribution in [0, 0.1) is 17.8 Å². The van der Waals surface area contributed by atoms with Crippen LogP contribution in [0.4, 0.5) is 0 Å². The highest BCUT2D eigenvalue weighted by Gasteiger charge is 2.46. The van der Waals surface area contributed by atoms with Gasteiger partial charge in [0.05, 0.1) is 30.3 Å². The van der Waals surface area contributed by atoms with Crippen LogP contribution in [0.2, 0.25) is 0 Å². The van der Waals surface area contributed by atoms with Gasteiger partial charge in [-0.2, -0.15) is 0 Å². The Hall–Kier alpha value is -8.00. The number of hydrogen-bond acceptors (Lipinski definition) is 14. The van der Waals surface area contributed by atoms with Crippen molar-refractivity contribution in [2.24, 2.45) is 57.1 Å². The SMILES string of the molecule is CC[C@H](C)[C@H](NC(=O)[C@@H](N)CCCN=C(N)N)C(=O)N[C@@H](CC(N)=O)C(=O)N[C@@H](CC(N)=O)C(=O)N[C@H](C(=O)N1CC(C2=CN(C3=CCC=C3)NN2)C[C@H]1C(=O)N[C@@H](Cc1c[nH]c2ccccc12)C(N)=O)[C@@H](C)CC. The normalized spacial score (nSPS) is 19.2. The van der Waals surface area contributed by atoms with Gasteiger partial charge in [0, 0.05) is 48.7 Å². The zero-order valence-corrected chi connectivity index (χ0v) is 42.7. The Morgan fingerprint density at radius 1 is 0.787 bits per heavy atom. The summed E-state index contributed by atoms with van der Waals surface area (Å²) in [5.74, 6) is -9.67. The van der Waals surface area contributed by atoms with Gasteiger partial charge in [-0.25, -0.2) is 0 Å². The first-order chi connectivity index (χ1) is 35.6. The molecule has 0 saturated carbocycles. The van der Waals surface area contributed by atoms with Crippen LogP contribution >= 0.6 is 0 Å². The van der Waals surface area contributed by atoms with Gasteiger partial charge >= 0.3 is 0 Å². The van der Waals surface area contributed by atoms with E-state index < -0.39 is 126 Å². The molecule has 26 heteroatoms. The Bertz CT molecular complexity index is 2570. The summed E-state index contributed by atoms with van der Waals surface area (Å²) in [6, 6.07) is -2.11. The first-order valence-corrected chi connectivity index (χ1v) is 25.1. The summed E-state index contributed by atoms with van der Waals surface area (Å²) < 4.78 is 0. The van der Waals surface area contributed by atoms with E-state index in [0.717, 1.165) is 28.6 Å². The number of benzene rings is 1. The minimum atomic E-state index is -1.77. The van der Waals surface area contributed by atoms with Crippen LogP contribution in [-0.4, -0.2) is 129 Å². The molecule has 20 N–H and O–H groups in total. The number of carbonyl (C=O) groups is 9. The number of nitrogens with zero attached hydrogens (tertiary/aromatic N) is 3. The fourth-order valence-corrected chi connectivity index (χ4v) is 8.95. The van der Waals surface area contributed by atoms with Crippen LogP contribution in [-0.2, 0) is 49.6 Å². The molecule has 10 atom stereocenters. The van der Waals surface area contributed by atoms with Crippen LogP contribution in [0.15, 0.2) is 71.3 Å². The van der Waals surface area contributed by atoms with Gasteiger partial charge in [-0.15, -0.1) is 5.53 Å². The lowest BCUT2D eigenvalue weighted by Crippen LogP contribution is -2.61. The molecule has 1 saturated heterocycles. The number of likely N-dealkylation sites (tertiary alicyclic amines) is 1. The molecule has 2 aromatic rings. The number of aromatic nitrogens is 1. The quantitative estimate of drug-likeness (QED) is 0.0231. The lowest BCUT2D eigenvalue weighted by molar-refractivity contribution is -0.143. The van der Waals surface area contributed by atoms with Gasteiger partial charge in [0.2, 0.25) is 53.2 Å². The summed E-state index contributed by atoms with van der Waals surface area (Å²) in [6.07, 6.45) is 9.98. The molecule has 3 aliphatic rings. The standard InChI is InChI=1S/C49H73N17O9/c1-5-25(3)40(61-43(70)31(50)15-11-17-56-49(54)55)47(74)60-34(20-38(51)67)44(71)59-35(21-39(52)68)45(72)62-41(26(4)6-2)48(75)65-23-28(36-24-66(64-63-36)29-12-7-8-13-29)19-37(65)46(73)58-33(42(53)69)18-27-22-57-32-16-10-9-14-30(27)32/h7,9-10,12-14,16,22,24-26,28,31,33-35,37,40-41,57,63-64H,5-6,8,11,15,17-21,23,50H2,1-4H3,(H2,51,67)(H2,52,68)(H2,53,69)(H,58,73)(H,59,71)(H,60,74)(H,61,70)(H,62,72)(H4,54,55,56)/t25-,26-,28?,31-,33-,34-,35-,37-,40-,41-/m0/s1. The number of aliphatic imine (C=N–C) groups is 1. The van der Waals surface area contributed by atoms with Crippen molar-refractivity contribution in [1.29, 1.82) is 0 Å². The fourth-order valence-electron chi connectivity index (χ4n) is 8.95. The molecule has 1 unspecified atom stereocenters. The van der Waals surface area contributed by atoms with Crippen LogP contribution in [0.1, 0.15) is 84.6 Å². The summed E-state index contributed by atoms with van der Waals surface area (Å²) >= 11 is 0. The summed E-state index contributed by atoms with van der Waals surface area (Å²) in [6.45, 7) is 7.08. The zero-order valence-electron chi connectivity index (χ0n) is 42.7. The van der Waals surface area contributed by atoms with Crippen molar-refractivity contribution in [2.75, 3.05) is 13.1 Å². The van der Waals surface area contributed by atoms with Crippen molar-refractivity contribution in [3.05, 3.63) is 71.8 Å². The van der Waals surface area contributed by atoms with Crippen LogP contribution in [0.25, 0.3) is 10.9 Å². The Kier molecular flexibility index (Phi) is 20.7. The van der Waals surface area contributed by atoms with E-state index in [4.69, 9.17) is 34.4 Å². The molecule has 3 heterocycles. The molecule has 26 nitrogen and oxygen atoms in total. The number of primary amides is 3. The van der Waals surface area contributed by atoms with Crippen molar-refractivity contribution in [1.82, 2.24) is 52.4 Å². The van der Waals surface area contributed by atoms with Gasteiger partial charge in [0.25, 0.3) is 0 Å². The maximum atomic E-state index is 15.0. The maximum Gasteiger partial charge on any atom is 0.246 e. The molecule has 408 valence electrons. The minimum Gasteiger partial charge on any atom is -0.370 e. The average molecular weight is 1040 g/mol. The van der Waals surface area contributed by atoms with E-state index in [1.165, 1.54) is 4.90 Å². The van der Waals surface area contributed by atoms with E-state index in [0.29, 0.717) is 25.0 Å². The van der Waals surface area contributed by atoms with Gasteiger partial charge in [0.1, 0.15) is 36.3 Å². The predicted molar refractivity (Wildman–Crippen MR) is 277 cm³/mol. The summed E-state index contributed by atoms with van der Waals surface area (Å²) in [5.41, 5.74) is 43.0. The second kappa shape index (κ2) is 26.8. The van der Waals surface area contributed by atoms with E-state index in [1.54, 1.807) is 38.9 Å².